The Morgan fingerprint density at radius 2 is 2.00 bits per heavy atom. The topological polar surface area (TPSA) is 70.0 Å². The van der Waals surface area contributed by atoms with Crippen LogP contribution in [0.4, 0.5) is 0 Å². The molecule has 0 aromatic heterocycles. The summed E-state index contributed by atoms with van der Waals surface area (Å²) in [5, 5.41) is 17.3. The molecule has 0 aliphatic carbocycles. The second kappa shape index (κ2) is 3.74. The van der Waals surface area contributed by atoms with Gasteiger partial charge in [0.05, 0.1) is 12.5 Å². The van der Waals surface area contributed by atoms with Crippen molar-refractivity contribution in [2.45, 2.75) is 12.5 Å². The van der Waals surface area contributed by atoms with E-state index in [-0.39, 0.29) is 11.8 Å². The molecule has 0 unspecified atom stereocenters. The smallest absolute Gasteiger partial charge is 0.115 e. The van der Waals surface area contributed by atoms with Crippen molar-refractivity contribution in [3.63, 3.8) is 0 Å². The first-order chi connectivity index (χ1) is 5.74. The van der Waals surface area contributed by atoms with Gasteiger partial charge in [0.2, 0.25) is 0 Å². The normalized spacial score (nSPS) is 12.0. The lowest BCUT2D eigenvalue weighted by Gasteiger charge is -2.06. The first-order valence-electron chi connectivity index (χ1n) is 3.65. The molecule has 0 fully saturated rings. The van der Waals surface area contributed by atoms with E-state index >= 15 is 0 Å². The molecule has 1 rings (SSSR count). The number of nitriles is 1. The van der Waals surface area contributed by atoms with Gasteiger partial charge in [-0.15, -0.1) is 0 Å². The van der Waals surface area contributed by atoms with Crippen molar-refractivity contribution in [1.82, 2.24) is 0 Å². The quantitative estimate of drug-likeness (QED) is 0.688. The Bertz CT molecular complexity index is 286. The maximum absolute atomic E-state index is 8.96. The summed E-state index contributed by atoms with van der Waals surface area (Å²) >= 11 is 0. The second-order valence-corrected chi connectivity index (χ2v) is 2.56. The number of nitrogens with two attached hydrogens (primary N) is 1. The molecule has 0 amide bonds. The maximum Gasteiger partial charge on any atom is 0.115 e. The van der Waals surface area contributed by atoms with Crippen molar-refractivity contribution < 1.29 is 5.11 Å². The van der Waals surface area contributed by atoms with E-state index in [4.69, 9.17) is 16.1 Å². The zero-order valence-corrected chi connectivity index (χ0v) is 6.57. The highest BCUT2D eigenvalue weighted by Gasteiger charge is 2.03. The lowest BCUT2D eigenvalue weighted by molar-refractivity contribution is 0.475. The van der Waals surface area contributed by atoms with Crippen LogP contribution in [0.3, 0.4) is 0 Å². The number of nitrogens with zero attached hydrogens (tertiary/aromatic N) is 1. The Kier molecular flexibility index (Phi) is 2.67. The summed E-state index contributed by atoms with van der Waals surface area (Å²) in [4.78, 5) is 0. The highest BCUT2D eigenvalue weighted by molar-refractivity contribution is 5.28. The zero-order valence-electron chi connectivity index (χ0n) is 6.57. The maximum atomic E-state index is 8.96. The molecule has 0 bridgehead atoms. The van der Waals surface area contributed by atoms with Crippen LogP contribution in [0.15, 0.2) is 24.3 Å². The molecule has 3 nitrogen and oxygen atoms in total. The Balaban J connectivity index is 2.76. The molecular formula is C9H10N2O. The summed E-state index contributed by atoms with van der Waals surface area (Å²) in [7, 11) is 0. The summed E-state index contributed by atoms with van der Waals surface area (Å²) in [5.41, 5.74) is 6.52. The van der Waals surface area contributed by atoms with Gasteiger partial charge in [-0.1, -0.05) is 12.1 Å². The summed E-state index contributed by atoms with van der Waals surface area (Å²) in [6.07, 6.45) is 0.296. The number of phenols is 1. The Hall–Kier alpha value is -1.53. The van der Waals surface area contributed by atoms with E-state index in [1.165, 1.54) is 0 Å². The highest BCUT2D eigenvalue weighted by atomic mass is 16.3. The van der Waals surface area contributed by atoms with Crippen LogP contribution in [0, 0.1) is 11.3 Å². The second-order valence-electron chi connectivity index (χ2n) is 2.56. The Labute approximate surface area is 71.1 Å². The largest absolute Gasteiger partial charge is 0.508 e. The van der Waals surface area contributed by atoms with Crippen LogP contribution in [0.1, 0.15) is 18.0 Å². The van der Waals surface area contributed by atoms with Crippen LogP contribution >= 0.6 is 0 Å². The fraction of sp³-hybridized carbons (Fsp3) is 0.222. The van der Waals surface area contributed by atoms with Crippen LogP contribution in [0.25, 0.3) is 0 Å². The zero-order chi connectivity index (χ0) is 8.97. The van der Waals surface area contributed by atoms with Crippen LogP contribution < -0.4 is 5.73 Å². The van der Waals surface area contributed by atoms with Gasteiger partial charge in [-0.05, 0) is 17.7 Å². The van der Waals surface area contributed by atoms with E-state index < -0.39 is 0 Å². The van der Waals surface area contributed by atoms with E-state index in [9.17, 15) is 0 Å². The van der Waals surface area contributed by atoms with Crippen LogP contribution in [-0.2, 0) is 0 Å². The third-order valence-electron chi connectivity index (χ3n) is 1.63. The van der Waals surface area contributed by atoms with E-state index in [1.807, 2.05) is 6.07 Å². The standard InChI is InChI=1S/C9H10N2O/c10-6-5-9(11)7-1-3-8(12)4-2-7/h1-4,9,12H,5,11H2/t9-/m1/s1. The number of benzene rings is 1. The minimum atomic E-state index is -0.254. The summed E-state index contributed by atoms with van der Waals surface area (Å²) < 4.78 is 0. The monoisotopic (exact) mass is 162 g/mol. The third-order valence-corrected chi connectivity index (χ3v) is 1.63. The van der Waals surface area contributed by atoms with Crippen LogP contribution in [0.2, 0.25) is 0 Å². The number of rotatable bonds is 2. The summed E-state index contributed by atoms with van der Waals surface area (Å²) in [6.45, 7) is 0. The number of phenolic OH excluding ortho intramolecular Hbond substituents is 1. The Morgan fingerprint density at radius 3 is 2.50 bits per heavy atom. The van der Waals surface area contributed by atoms with Gasteiger partial charge in [-0.25, -0.2) is 0 Å². The fourth-order valence-corrected chi connectivity index (χ4v) is 0.938. The van der Waals surface area contributed by atoms with E-state index in [2.05, 4.69) is 0 Å². The lowest BCUT2D eigenvalue weighted by atomic mass is 10.1. The molecule has 1 aromatic rings. The van der Waals surface area contributed by atoms with Crippen molar-refractivity contribution in [1.29, 1.82) is 5.26 Å². The van der Waals surface area contributed by atoms with Gasteiger partial charge in [0, 0.05) is 6.04 Å². The van der Waals surface area contributed by atoms with E-state index in [0.717, 1.165) is 5.56 Å². The van der Waals surface area contributed by atoms with Gasteiger partial charge >= 0.3 is 0 Å². The molecule has 3 N–H and O–H groups in total. The van der Waals surface area contributed by atoms with Gasteiger partial charge in [-0.3, -0.25) is 0 Å². The average molecular weight is 162 g/mol. The fourth-order valence-electron chi connectivity index (χ4n) is 0.938. The first-order valence-corrected chi connectivity index (χ1v) is 3.65. The highest BCUT2D eigenvalue weighted by Crippen LogP contribution is 2.16. The first kappa shape index (κ1) is 8.57. The average Bonchev–Trinajstić information content (AvgIpc) is 2.06. The molecule has 62 valence electrons. The van der Waals surface area contributed by atoms with Gasteiger partial charge in [0.15, 0.2) is 0 Å². The molecule has 0 aliphatic rings. The number of hydrogen-bond donors (Lipinski definition) is 2. The van der Waals surface area contributed by atoms with Crippen molar-refractivity contribution in [2.24, 2.45) is 5.73 Å². The van der Waals surface area contributed by atoms with Crippen LogP contribution in [0.5, 0.6) is 5.75 Å². The predicted molar refractivity (Wildman–Crippen MR) is 45.3 cm³/mol. The molecule has 3 heteroatoms. The summed E-state index contributed by atoms with van der Waals surface area (Å²) in [6, 6.07) is 8.30. The molecule has 0 saturated heterocycles. The van der Waals surface area contributed by atoms with Crippen molar-refractivity contribution in [3.8, 4) is 11.8 Å². The third kappa shape index (κ3) is 1.97. The molecular weight excluding hydrogens is 152 g/mol. The molecule has 1 aromatic carbocycles. The van der Waals surface area contributed by atoms with Crippen molar-refractivity contribution in [2.75, 3.05) is 0 Å². The molecule has 1 atom stereocenters. The number of hydrogen-bond acceptors (Lipinski definition) is 3. The van der Waals surface area contributed by atoms with Gasteiger partial charge in [0.1, 0.15) is 5.75 Å². The van der Waals surface area contributed by atoms with Gasteiger partial charge < -0.3 is 10.8 Å². The lowest BCUT2D eigenvalue weighted by Crippen LogP contribution is -2.08. The van der Waals surface area contributed by atoms with Crippen molar-refractivity contribution in [3.05, 3.63) is 29.8 Å². The molecule has 0 radical (unpaired) electrons. The van der Waals surface area contributed by atoms with E-state index in [1.54, 1.807) is 24.3 Å². The van der Waals surface area contributed by atoms with Gasteiger partial charge in [0.25, 0.3) is 0 Å². The van der Waals surface area contributed by atoms with Gasteiger partial charge in [-0.2, -0.15) is 5.26 Å². The molecule has 0 saturated carbocycles. The number of aromatic hydroxyl groups is 1. The van der Waals surface area contributed by atoms with E-state index in [0.29, 0.717) is 6.42 Å². The molecule has 0 heterocycles. The Morgan fingerprint density at radius 1 is 1.42 bits per heavy atom. The predicted octanol–water partition coefficient (Wildman–Crippen LogP) is 1.31. The SMILES string of the molecule is N#CC[C@@H](N)c1ccc(O)cc1. The van der Waals surface area contributed by atoms with Crippen LogP contribution in [-0.4, -0.2) is 5.11 Å². The minimum Gasteiger partial charge on any atom is -0.508 e. The molecule has 0 aliphatic heterocycles. The molecule has 0 spiro atoms. The molecule has 12 heavy (non-hydrogen) atoms. The summed E-state index contributed by atoms with van der Waals surface area (Å²) in [5.74, 6) is 0.211. The minimum absolute atomic E-state index is 0.211. The van der Waals surface area contributed by atoms with Crippen molar-refractivity contribution >= 4 is 0 Å².